The van der Waals surface area contributed by atoms with Gasteiger partial charge in [0.15, 0.2) is 5.75 Å². The van der Waals surface area contributed by atoms with Crippen LogP contribution in [0.4, 0.5) is 17.1 Å². The molecule has 0 heterocycles. The lowest BCUT2D eigenvalue weighted by molar-refractivity contribution is 0.472. The minimum Gasteiger partial charge on any atom is -0.505 e. The Hall–Kier alpha value is -3.76. The van der Waals surface area contributed by atoms with Crippen LogP contribution in [0.15, 0.2) is 78.3 Å². The summed E-state index contributed by atoms with van der Waals surface area (Å²) >= 11 is 0. The van der Waals surface area contributed by atoms with Gasteiger partial charge < -0.3 is 10.8 Å². The summed E-state index contributed by atoms with van der Waals surface area (Å²) in [6, 6.07) is 6.96. The summed E-state index contributed by atoms with van der Waals surface area (Å²) in [5.74, 6) is -0.869. The van der Waals surface area contributed by atoms with Crippen molar-refractivity contribution < 1.29 is 57.0 Å². The largest absolute Gasteiger partial charge is 0.505 e. The number of anilines is 1. The van der Waals surface area contributed by atoms with Gasteiger partial charge in [-0.15, -0.1) is 10.2 Å². The van der Waals surface area contributed by atoms with Crippen molar-refractivity contribution in [2.75, 3.05) is 5.73 Å². The summed E-state index contributed by atoms with van der Waals surface area (Å²) < 4.78 is 134. The molecule has 0 atom stereocenters. The highest BCUT2D eigenvalue weighted by molar-refractivity contribution is 7.87. The van der Waals surface area contributed by atoms with Crippen molar-refractivity contribution in [1.82, 2.24) is 0 Å². The van der Waals surface area contributed by atoms with Gasteiger partial charge in [0.05, 0.1) is 4.90 Å². The number of fused-ring (bicyclic) bond motifs is 2. The van der Waals surface area contributed by atoms with Crippen LogP contribution in [-0.4, -0.2) is 57.0 Å². The van der Waals surface area contributed by atoms with Crippen LogP contribution in [0.5, 0.6) is 5.75 Å². The van der Waals surface area contributed by atoms with Gasteiger partial charge >= 0.3 is 0 Å². The van der Waals surface area contributed by atoms with Crippen LogP contribution in [0.3, 0.4) is 0 Å². The fourth-order valence-corrected chi connectivity index (χ4v) is 6.37. The second-order valence-electron chi connectivity index (χ2n) is 8.12. The quantitative estimate of drug-likeness (QED) is 0.101. The molecule has 0 saturated heterocycles. The molecule has 0 spiro atoms. The third-order valence-electron chi connectivity index (χ3n) is 5.43. The molecule has 212 valence electrons. The molecule has 0 radical (unpaired) electrons. The normalized spacial score (nSPS) is 13.4. The number of benzene rings is 4. The molecule has 0 fully saturated rings. The van der Waals surface area contributed by atoms with Gasteiger partial charge in [0, 0.05) is 16.5 Å². The van der Waals surface area contributed by atoms with E-state index >= 15 is 0 Å². The van der Waals surface area contributed by atoms with E-state index < -0.39 is 88.0 Å². The molecule has 20 heteroatoms. The topological polar surface area (TPSA) is 288 Å². The van der Waals surface area contributed by atoms with Crippen molar-refractivity contribution in [1.29, 1.82) is 0 Å². The zero-order valence-electron chi connectivity index (χ0n) is 19.2. The number of phenols is 1. The van der Waals surface area contributed by atoms with E-state index in [4.69, 9.17) is 5.73 Å². The molecule has 0 aliphatic rings. The number of phenolic OH excluding ortho intramolecular Hbond substituents is 1. The van der Waals surface area contributed by atoms with Crippen molar-refractivity contribution in [3.8, 4) is 5.75 Å². The fourth-order valence-electron chi connectivity index (χ4n) is 3.72. The Labute approximate surface area is 225 Å². The Morgan fingerprint density at radius 2 is 1.15 bits per heavy atom. The summed E-state index contributed by atoms with van der Waals surface area (Å²) in [6.07, 6.45) is 0. The van der Waals surface area contributed by atoms with E-state index in [1.807, 2.05) is 0 Å². The molecule has 0 unspecified atom stereocenters. The van der Waals surface area contributed by atoms with Crippen LogP contribution in [0, 0.1) is 0 Å². The summed E-state index contributed by atoms with van der Waals surface area (Å²) in [7, 11) is -20.6. The number of nitrogens with two attached hydrogens (primary N) is 1. The Morgan fingerprint density at radius 1 is 0.575 bits per heavy atom. The molecular formula is C20H15N3O13S4. The molecule has 0 aromatic heterocycles. The van der Waals surface area contributed by atoms with Gasteiger partial charge in [0.25, 0.3) is 40.5 Å². The van der Waals surface area contributed by atoms with Gasteiger partial charge in [-0.25, -0.2) is 0 Å². The first-order chi connectivity index (χ1) is 18.2. The van der Waals surface area contributed by atoms with Crippen LogP contribution >= 0.6 is 0 Å². The van der Waals surface area contributed by atoms with E-state index in [0.717, 1.165) is 6.07 Å². The number of azo groups is 1. The maximum absolute atomic E-state index is 12.1. The molecule has 0 bridgehead atoms. The van der Waals surface area contributed by atoms with Gasteiger partial charge in [-0.2, -0.15) is 33.7 Å². The predicted molar refractivity (Wildman–Crippen MR) is 137 cm³/mol. The van der Waals surface area contributed by atoms with Crippen molar-refractivity contribution >= 4 is 79.1 Å². The molecule has 0 aliphatic carbocycles. The van der Waals surface area contributed by atoms with Gasteiger partial charge in [0.1, 0.15) is 26.1 Å². The highest BCUT2D eigenvalue weighted by Gasteiger charge is 2.26. The van der Waals surface area contributed by atoms with Crippen LogP contribution in [0.2, 0.25) is 0 Å². The standard InChI is InChI=1S/C20H15N3O13S4/c21-11-2-1-9-4-18(40(34,35)36)19(20(24)14(9)6-11)23-22-15-8-13-10(5-17(15)39(31,32)33)3-12(37(25,26)27)7-16(13)38(28,29)30/h1-8,24H,21H2,(H,25,26,27)(H,28,29,30)(H,31,32,33)(H,34,35,36)/b23-22+. The summed E-state index contributed by atoms with van der Waals surface area (Å²) in [5.41, 5.74) is 4.04. The minimum atomic E-state index is -5.24. The number of aromatic hydroxyl groups is 1. The molecule has 0 aliphatic heterocycles. The van der Waals surface area contributed by atoms with Crippen LogP contribution in [0.25, 0.3) is 21.5 Å². The highest BCUT2D eigenvalue weighted by atomic mass is 32.2. The van der Waals surface area contributed by atoms with E-state index in [-0.39, 0.29) is 16.5 Å². The average molecular weight is 634 g/mol. The van der Waals surface area contributed by atoms with Crippen molar-refractivity contribution in [3.05, 3.63) is 48.5 Å². The number of nitrogen functional groups attached to an aromatic ring is 1. The molecule has 0 amide bonds. The first-order valence-electron chi connectivity index (χ1n) is 10.2. The Balaban J connectivity index is 2.11. The third-order valence-corrected chi connectivity index (χ3v) is 8.91. The first-order valence-corrected chi connectivity index (χ1v) is 15.9. The lowest BCUT2D eigenvalue weighted by Crippen LogP contribution is -2.05. The van der Waals surface area contributed by atoms with Crippen molar-refractivity contribution in [2.24, 2.45) is 10.2 Å². The van der Waals surface area contributed by atoms with E-state index in [1.54, 1.807) is 0 Å². The fraction of sp³-hybridized carbons (Fsp3) is 0. The van der Waals surface area contributed by atoms with Gasteiger partial charge in [-0.05, 0) is 53.2 Å². The second kappa shape index (κ2) is 9.42. The van der Waals surface area contributed by atoms with Crippen molar-refractivity contribution in [2.45, 2.75) is 19.6 Å². The molecule has 7 N–H and O–H groups in total. The third kappa shape index (κ3) is 5.59. The van der Waals surface area contributed by atoms with E-state index in [9.17, 15) is 57.0 Å². The summed E-state index contributed by atoms with van der Waals surface area (Å²) in [4.78, 5) is -4.27. The van der Waals surface area contributed by atoms with Gasteiger partial charge in [0.2, 0.25) is 0 Å². The smallest absolute Gasteiger partial charge is 0.296 e. The number of hydrogen-bond acceptors (Lipinski definition) is 12. The van der Waals surface area contributed by atoms with E-state index in [2.05, 4.69) is 10.2 Å². The molecule has 4 aromatic carbocycles. The molecule has 4 rings (SSSR count). The summed E-state index contributed by atoms with van der Waals surface area (Å²) in [6.45, 7) is 0. The lowest BCUT2D eigenvalue weighted by atomic mass is 10.1. The minimum absolute atomic E-state index is 0.0544. The van der Waals surface area contributed by atoms with E-state index in [1.165, 1.54) is 18.2 Å². The maximum Gasteiger partial charge on any atom is 0.296 e. The van der Waals surface area contributed by atoms with E-state index in [0.29, 0.717) is 24.3 Å². The molecule has 16 nitrogen and oxygen atoms in total. The highest BCUT2D eigenvalue weighted by Crippen LogP contribution is 2.43. The van der Waals surface area contributed by atoms with Crippen LogP contribution in [0.1, 0.15) is 0 Å². The second-order valence-corrected chi connectivity index (χ2v) is 13.7. The monoisotopic (exact) mass is 633 g/mol. The van der Waals surface area contributed by atoms with Crippen molar-refractivity contribution in [3.63, 3.8) is 0 Å². The zero-order valence-corrected chi connectivity index (χ0v) is 22.5. The average Bonchev–Trinajstić information content (AvgIpc) is 2.80. The molecule has 4 aromatic rings. The van der Waals surface area contributed by atoms with Crippen LogP contribution < -0.4 is 5.73 Å². The zero-order chi connectivity index (χ0) is 30.0. The maximum atomic E-state index is 12.1. The SMILES string of the molecule is Nc1ccc2cc(S(=O)(=O)O)c(/N=N/c3cc4c(S(=O)(=O)O)cc(S(=O)(=O)O)cc4cc3S(=O)(=O)O)c(O)c2c1. The number of rotatable bonds is 6. The number of hydrogen-bond donors (Lipinski definition) is 6. The summed E-state index contributed by atoms with van der Waals surface area (Å²) in [5, 5.41) is 16.7. The Kier molecular flexibility index (Phi) is 6.88. The molecular weight excluding hydrogens is 618 g/mol. The molecule has 40 heavy (non-hydrogen) atoms. The first kappa shape index (κ1) is 29.2. The Bertz CT molecular complexity index is 2230. The van der Waals surface area contributed by atoms with Gasteiger partial charge in [-0.3, -0.25) is 18.2 Å². The predicted octanol–water partition coefficient (Wildman–Crippen LogP) is 2.68. The van der Waals surface area contributed by atoms with Crippen LogP contribution in [-0.2, 0) is 40.5 Å². The molecule has 0 saturated carbocycles. The number of nitrogens with zero attached hydrogens (tertiary/aromatic N) is 2. The lowest BCUT2D eigenvalue weighted by Gasteiger charge is -2.11. The van der Waals surface area contributed by atoms with Gasteiger partial charge in [-0.1, -0.05) is 6.07 Å². The Morgan fingerprint density at radius 3 is 1.70 bits per heavy atom.